The number of phenols is 1. The topological polar surface area (TPSA) is 149 Å². The van der Waals surface area contributed by atoms with Gasteiger partial charge in [-0.1, -0.05) is 0 Å². The molecule has 2 aromatic rings. The molecular weight excluding hydrogens is 360 g/mol. The number of hydrogen-bond donors (Lipinski definition) is 4. The van der Waals surface area contributed by atoms with Crippen molar-refractivity contribution in [3.8, 4) is 11.8 Å². The summed E-state index contributed by atoms with van der Waals surface area (Å²) in [5.41, 5.74) is 4.82. The zero-order valence-electron chi connectivity index (χ0n) is 15.7. The lowest BCUT2D eigenvalue weighted by Crippen LogP contribution is -2.27. The number of nitrogen functional groups attached to an aromatic ring is 1. The largest absolute Gasteiger partial charge is 0.507 e. The fourth-order valence-corrected chi connectivity index (χ4v) is 2.29. The van der Waals surface area contributed by atoms with Crippen molar-refractivity contribution in [2.45, 2.75) is 26.4 Å². The summed E-state index contributed by atoms with van der Waals surface area (Å²) in [5, 5.41) is 29.4. The van der Waals surface area contributed by atoms with Crippen LogP contribution in [-0.2, 0) is 9.53 Å². The summed E-state index contributed by atoms with van der Waals surface area (Å²) in [6.07, 6.45) is 0. The highest BCUT2D eigenvalue weighted by atomic mass is 16.6. The Morgan fingerprint density at radius 3 is 2.46 bits per heavy atom. The zero-order valence-corrected chi connectivity index (χ0v) is 15.7. The molecule has 2 aromatic carbocycles. The smallest absolute Gasteiger partial charge is 0.340 e. The van der Waals surface area contributed by atoms with Crippen molar-refractivity contribution in [3.63, 3.8) is 0 Å². The van der Waals surface area contributed by atoms with Gasteiger partial charge in [-0.05, 0) is 57.2 Å². The van der Waals surface area contributed by atoms with Crippen LogP contribution < -0.4 is 11.1 Å². The predicted molar refractivity (Wildman–Crippen MR) is 104 cm³/mol. The minimum Gasteiger partial charge on any atom is -0.507 e. The van der Waals surface area contributed by atoms with Crippen molar-refractivity contribution in [2.75, 3.05) is 11.1 Å². The molecule has 0 bridgehead atoms. The molecule has 0 fully saturated rings. The van der Waals surface area contributed by atoms with Crippen molar-refractivity contribution in [2.24, 2.45) is 0 Å². The van der Waals surface area contributed by atoms with Crippen LogP contribution >= 0.6 is 0 Å². The van der Waals surface area contributed by atoms with Crippen LogP contribution in [0.3, 0.4) is 0 Å². The van der Waals surface area contributed by atoms with Gasteiger partial charge in [0.15, 0.2) is 0 Å². The van der Waals surface area contributed by atoms with E-state index in [1.807, 2.05) is 6.07 Å². The second kappa shape index (κ2) is 7.80. The second-order valence-electron chi connectivity index (χ2n) is 6.98. The third-order valence-corrected chi connectivity index (χ3v) is 3.53. The highest BCUT2D eigenvalue weighted by Gasteiger charge is 2.23. The lowest BCUT2D eigenvalue weighted by Gasteiger charge is -2.20. The van der Waals surface area contributed by atoms with Gasteiger partial charge in [0.25, 0.3) is 5.91 Å². The first-order valence-electron chi connectivity index (χ1n) is 8.28. The molecule has 0 aliphatic rings. The van der Waals surface area contributed by atoms with Gasteiger partial charge in [-0.2, -0.15) is 5.26 Å². The number of anilines is 2. The molecule has 0 heterocycles. The lowest BCUT2D eigenvalue weighted by molar-refractivity contribution is -0.110. The summed E-state index contributed by atoms with van der Waals surface area (Å²) in [4.78, 5) is 25.0. The highest BCUT2D eigenvalue weighted by molar-refractivity contribution is 6.48. The van der Waals surface area contributed by atoms with Crippen molar-refractivity contribution >= 4 is 29.0 Å². The van der Waals surface area contributed by atoms with Crippen molar-refractivity contribution in [1.29, 1.82) is 10.7 Å². The van der Waals surface area contributed by atoms with E-state index in [9.17, 15) is 14.7 Å². The number of benzene rings is 2. The number of amides is 1. The molecule has 0 aliphatic carbocycles. The van der Waals surface area contributed by atoms with Gasteiger partial charge in [0.05, 0.1) is 22.9 Å². The molecule has 0 aromatic heterocycles. The number of ether oxygens (including phenoxy) is 1. The number of esters is 1. The maximum atomic E-state index is 12.5. The highest BCUT2D eigenvalue weighted by Crippen LogP contribution is 2.24. The molecule has 0 atom stereocenters. The van der Waals surface area contributed by atoms with Crippen LogP contribution in [0.25, 0.3) is 0 Å². The zero-order chi connectivity index (χ0) is 21.1. The first-order chi connectivity index (χ1) is 13.0. The van der Waals surface area contributed by atoms with Gasteiger partial charge >= 0.3 is 5.97 Å². The Morgan fingerprint density at radius 1 is 1.18 bits per heavy atom. The van der Waals surface area contributed by atoms with E-state index in [1.54, 1.807) is 20.8 Å². The average molecular weight is 380 g/mol. The number of rotatable bonds is 4. The van der Waals surface area contributed by atoms with Gasteiger partial charge in [0.2, 0.25) is 0 Å². The monoisotopic (exact) mass is 380 g/mol. The van der Waals surface area contributed by atoms with E-state index in [0.29, 0.717) is 0 Å². The summed E-state index contributed by atoms with van der Waals surface area (Å²) < 4.78 is 5.32. The first kappa shape index (κ1) is 20.5. The molecule has 0 unspecified atom stereocenters. The minimum absolute atomic E-state index is 0.0214. The predicted octanol–water partition coefficient (Wildman–Crippen LogP) is 2.81. The summed E-state index contributed by atoms with van der Waals surface area (Å²) in [5.74, 6) is -1.87. The number of nitrogens with one attached hydrogen (secondary N) is 2. The van der Waals surface area contributed by atoms with Crippen LogP contribution in [0.2, 0.25) is 0 Å². The van der Waals surface area contributed by atoms with Crippen LogP contribution in [-0.4, -0.2) is 28.3 Å². The van der Waals surface area contributed by atoms with Crippen LogP contribution in [0, 0.1) is 16.7 Å². The molecular formula is C20H20N4O4. The number of phenolic OH excluding ortho intramolecular Hbond substituents is 1. The van der Waals surface area contributed by atoms with Gasteiger partial charge in [0, 0.05) is 11.3 Å². The fraction of sp³-hybridized carbons (Fsp3) is 0.200. The molecule has 0 aliphatic heterocycles. The Kier molecular flexibility index (Phi) is 5.70. The molecule has 5 N–H and O–H groups in total. The quantitative estimate of drug-likeness (QED) is 0.277. The Hall–Kier alpha value is -3.86. The van der Waals surface area contributed by atoms with E-state index in [0.717, 1.165) is 0 Å². The number of carbonyl (C=O) groups is 2. The van der Waals surface area contributed by atoms with Crippen LogP contribution in [0.5, 0.6) is 5.75 Å². The maximum Gasteiger partial charge on any atom is 0.340 e. The van der Waals surface area contributed by atoms with Crippen LogP contribution in [0.4, 0.5) is 11.4 Å². The van der Waals surface area contributed by atoms with E-state index in [2.05, 4.69) is 5.32 Å². The summed E-state index contributed by atoms with van der Waals surface area (Å²) in [6.45, 7) is 5.07. The van der Waals surface area contributed by atoms with E-state index in [1.165, 1.54) is 36.4 Å². The Balaban J connectivity index is 2.36. The van der Waals surface area contributed by atoms with E-state index < -0.39 is 23.2 Å². The molecule has 0 radical (unpaired) electrons. The standard InChI is InChI=1S/C20H20N4O4/c1-20(2,3)28-19(27)13-8-11(10-21)4-6-15(13)24-18(26)17(23)14-9-12(22)5-7-16(14)25/h4-9,23,25H,22H2,1-3H3,(H,24,26). The third kappa shape index (κ3) is 4.86. The van der Waals surface area contributed by atoms with Crippen LogP contribution in [0.1, 0.15) is 42.3 Å². The number of nitrogens with two attached hydrogens (primary N) is 1. The lowest BCUT2D eigenvalue weighted by atomic mass is 10.1. The van der Waals surface area contributed by atoms with Crippen molar-refractivity contribution < 1.29 is 19.4 Å². The van der Waals surface area contributed by atoms with Crippen molar-refractivity contribution in [1.82, 2.24) is 0 Å². The molecule has 1 amide bonds. The molecule has 2 rings (SSSR count). The molecule has 0 saturated carbocycles. The van der Waals surface area contributed by atoms with Gasteiger partial charge in [-0.3, -0.25) is 10.2 Å². The summed E-state index contributed by atoms with van der Waals surface area (Å²) in [6, 6.07) is 10.0. The second-order valence-corrected chi connectivity index (χ2v) is 6.98. The summed E-state index contributed by atoms with van der Waals surface area (Å²) >= 11 is 0. The number of aromatic hydroxyl groups is 1. The molecule has 0 saturated heterocycles. The molecule has 144 valence electrons. The number of nitrogens with zero attached hydrogens (tertiary/aromatic N) is 1. The molecule has 8 heteroatoms. The van der Waals surface area contributed by atoms with Gasteiger partial charge in [0.1, 0.15) is 17.1 Å². The van der Waals surface area contributed by atoms with E-state index in [4.69, 9.17) is 21.1 Å². The molecule has 8 nitrogen and oxygen atoms in total. The number of hydrogen-bond acceptors (Lipinski definition) is 7. The van der Waals surface area contributed by atoms with Gasteiger partial charge in [-0.25, -0.2) is 4.79 Å². The summed E-state index contributed by atoms with van der Waals surface area (Å²) in [7, 11) is 0. The maximum absolute atomic E-state index is 12.5. The number of carbonyl (C=O) groups excluding carboxylic acids is 2. The minimum atomic E-state index is -0.865. The molecule has 28 heavy (non-hydrogen) atoms. The SMILES string of the molecule is CC(C)(C)OC(=O)c1cc(C#N)ccc1NC(=O)C(=N)c1cc(N)ccc1O. The Bertz CT molecular complexity index is 1000. The molecule has 0 spiro atoms. The Morgan fingerprint density at radius 2 is 1.86 bits per heavy atom. The third-order valence-electron chi connectivity index (χ3n) is 3.53. The van der Waals surface area contributed by atoms with Gasteiger partial charge < -0.3 is 20.9 Å². The Labute approximate surface area is 162 Å². The fourth-order valence-electron chi connectivity index (χ4n) is 2.29. The van der Waals surface area contributed by atoms with Crippen molar-refractivity contribution in [3.05, 3.63) is 53.1 Å². The number of nitriles is 1. The van der Waals surface area contributed by atoms with Crippen LogP contribution in [0.15, 0.2) is 36.4 Å². The van der Waals surface area contributed by atoms with E-state index >= 15 is 0 Å². The average Bonchev–Trinajstić information content (AvgIpc) is 2.61. The van der Waals surface area contributed by atoms with E-state index in [-0.39, 0.29) is 33.8 Å². The van der Waals surface area contributed by atoms with Gasteiger partial charge in [-0.15, -0.1) is 0 Å². The first-order valence-corrected chi connectivity index (χ1v) is 8.28. The normalized spacial score (nSPS) is 10.6.